The Balaban J connectivity index is 0.00000186. The second-order valence-electron chi connectivity index (χ2n) is 8.97. The van der Waals surface area contributed by atoms with Crippen LogP contribution in [0.1, 0.15) is 55.6 Å². The number of aliphatic carboxylic acids is 1. The lowest BCUT2D eigenvalue weighted by Crippen LogP contribution is -2.43. The van der Waals surface area contributed by atoms with Crippen molar-refractivity contribution in [3.8, 4) is 0 Å². The van der Waals surface area contributed by atoms with E-state index < -0.39 is 29.6 Å². The lowest BCUT2D eigenvalue weighted by molar-refractivity contribution is -0.143. The highest BCUT2D eigenvalue weighted by atomic mass is 35.5. The van der Waals surface area contributed by atoms with E-state index in [9.17, 15) is 32.3 Å². The third-order valence-corrected chi connectivity index (χ3v) is 6.86. The Hall–Kier alpha value is -2.66. The van der Waals surface area contributed by atoms with Gasteiger partial charge in [0.1, 0.15) is 5.82 Å². The van der Waals surface area contributed by atoms with Crippen molar-refractivity contribution in [2.75, 3.05) is 26.2 Å². The number of carboxylic acids is 1. The third-order valence-electron chi connectivity index (χ3n) is 6.62. The van der Waals surface area contributed by atoms with Gasteiger partial charge in [-0.1, -0.05) is 31.5 Å². The van der Waals surface area contributed by atoms with Crippen molar-refractivity contribution < 1.29 is 32.3 Å². The molecule has 12 heteroatoms. The summed E-state index contributed by atoms with van der Waals surface area (Å²) in [6.45, 7) is 4.92. The fraction of sp³-hybridized carbons (Fsp3) is 0.560. The SMILES string of the molecule is CC.O=C(O)C1CCCN(CC(=O)N2CCc3c(C(F)(F)F)nn(Cc4ccc(Cl)cc4F)c3C2)CC1. The fourth-order valence-corrected chi connectivity index (χ4v) is 4.87. The molecule has 7 nitrogen and oxygen atoms in total. The molecule has 37 heavy (non-hydrogen) atoms. The van der Waals surface area contributed by atoms with Crippen molar-refractivity contribution in [1.82, 2.24) is 19.6 Å². The zero-order valence-electron chi connectivity index (χ0n) is 20.8. The van der Waals surface area contributed by atoms with E-state index in [1.54, 1.807) is 0 Å². The molecule has 0 saturated carbocycles. The molecule has 1 fully saturated rings. The van der Waals surface area contributed by atoms with E-state index in [0.29, 0.717) is 32.4 Å². The Kier molecular flexibility index (Phi) is 9.57. The first-order chi connectivity index (χ1) is 17.5. The minimum atomic E-state index is -4.67. The largest absolute Gasteiger partial charge is 0.481 e. The smallest absolute Gasteiger partial charge is 0.435 e. The van der Waals surface area contributed by atoms with E-state index in [1.165, 1.54) is 17.0 Å². The van der Waals surface area contributed by atoms with Crippen molar-refractivity contribution in [2.45, 2.75) is 58.8 Å². The van der Waals surface area contributed by atoms with Crippen LogP contribution < -0.4 is 0 Å². The van der Waals surface area contributed by atoms with Crippen molar-refractivity contribution in [2.24, 2.45) is 5.92 Å². The molecule has 2 aliphatic rings. The van der Waals surface area contributed by atoms with Crippen molar-refractivity contribution in [3.63, 3.8) is 0 Å². The minimum Gasteiger partial charge on any atom is -0.481 e. The molecular weight excluding hydrogens is 516 g/mol. The number of carbonyl (C=O) groups is 2. The van der Waals surface area contributed by atoms with Crippen LogP contribution in [-0.4, -0.2) is 62.7 Å². The molecule has 1 atom stereocenters. The summed E-state index contributed by atoms with van der Waals surface area (Å²) in [5.74, 6) is -2.17. The number of amides is 1. The van der Waals surface area contributed by atoms with E-state index in [2.05, 4.69) is 5.10 Å². The highest BCUT2D eigenvalue weighted by molar-refractivity contribution is 6.30. The van der Waals surface area contributed by atoms with E-state index in [-0.39, 0.29) is 60.4 Å². The first kappa shape index (κ1) is 28.9. The molecule has 0 radical (unpaired) electrons. The molecule has 4 rings (SSSR count). The van der Waals surface area contributed by atoms with Gasteiger partial charge < -0.3 is 10.0 Å². The number of carboxylic acid groups (broad SMARTS) is 1. The molecule has 0 spiro atoms. The first-order valence-electron chi connectivity index (χ1n) is 12.4. The standard InChI is InChI=1S/C23H25ClF4N4O3.C2H6/c24-16-4-3-15(18(25)10-16)11-32-19-12-31(9-6-17(19)21(29-32)23(26,27)28)20(33)13-30-7-1-2-14(5-8-30)22(34)35;1-2/h3-4,10,14H,1-2,5-9,11-13H2,(H,34,35);1-2H3. The Morgan fingerprint density at radius 2 is 1.89 bits per heavy atom. The summed E-state index contributed by atoms with van der Waals surface area (Å²) in [6, 6.07) is 3.93. The van der Waals surface area contributed by atoms with Crippen LogP contribution in [-0.2, 0) is 35.3 Å². The highest BCUT2D eigenvalue weighted by Crippen LogP contribution is 2.35. The number of halogens is 5. The quantitative estimate of drug-likeness (QED) is 0.543. The molecule has 0 bridgehead atoms. The van der Waals surface area contributed by atoms with Gasteiger partial charge in [-0.2, -0.15) is 18.3 Å². The molecule has 1 aromatic heterocycles. The molecule has 204 valence electrons. The number of carbonyl (C=O) groups excluding carboxylic acids is 1. The van der Waals surface area contributed by atoms with Crippen LogP contribution >= 0.6 is 11.6 Å². The van der Waals surface area contributed by atoms with Crippen molar-refractivity contribution in [1.29, 1.82) is 0 Å². The molecular formula is C25H31ClF4N4O3. The molecule has 2 aliphatic heterocycles. The highest BCUT2D eigenvalue weighted by Gasteiger charge is 2.41. The Labute approximate surface area is 218 Å². The lowest BCUT2D eigenvalue weighted by atomic mass is 10.0. The number of fused-ring (bicyclic) bond motifs is 1. The zero-order chi connectivity index (χ0) is 27.3. The minimum absolute atomic E-state index is 0.0138. The fourth-order valence-electron chi connectivity index (χ4n) is 4.72. The number of rotatable bonds is 5. The summed E-state index contributed by atoms with van der Waals surface area (Å²) in [7, 11) is 0. The zero-order valence-corrected chi connectivity index (χ0v) is 21.6. The molecule has 0 aliphatic carbocycles. The van der Waals surface area contributed by atoms with Gasteiger partial charge in [-0.3, -0.25) is 19.2 Å². The van der Waals surface area contributed by atoms with E-state index in [1.807, 2.05) is 18.7 Å². The van der Waals surface area contributed by atoms with Gasteiger partial charge in [-0.25, -0.2) is 4.39 Å². The molecule has 1 saturated heterocycles. The van der Waals surface area contributed by atoms with E-state index in [0.717, 1.165) is 10.7 Å². The molecule has 1 aromatic carbocycles. The van der Waals surface area contributed by atoms with Crippen molar-refractivity contribution in [3.05, 3.63) is 51.6 Å². The first-order valence-corrected chi connectivity index (χ1v) is 12.7. The monoisotopic (exact) mass is 546 g/mol. The summed E-state index contributed by atoms with van der Waals surface area (Å²) < 4.78 is 56.4. The van der Waals surface area contributed by atoms with Gasteiger partial charge in [0.15, 0.2) is 5.69 Å². The van der Waals surface area contributed by atoms with Gasteiger partial charge in [0.2, 0.25) is 5.91 Å². The average Bonchev–Trinajstić information content (AvgIpc) is 3.04. The van der Waals surface area contributed by atoms with Crippen LogP contribution in [0.2, 0.25) is 5.02 Å². The van der Waals surface area contributed by atoms with Gasteiger partial charge >= 0.3 is 12.1 Å². The van der Waals surface area contributed by atoms with Gasteiger partial charge in [0, 0.05) is 22.7 Å². The second-order valence-corrected chi connectivity index (χ2v) is 9.41. The number of likely N-dealkylation sites (tertiary alicyclic amines) is 1. The Morgan fingerprint density at radius 3 is 2.54 bits per heavy atom. The Morgan fingerprint density at radius 1 is 1.16 bits per heavy atom. The summed E-state index contributed by atoms with van der Waals surface area (Å²) in [4.78, 5) is 27.6. The lowest BCUT2D eigenvalue weighted by Gasteiger charge is -2.30. The molecule has 1 amide bonds. The van der Waals surface area contributed by atoms with Crippen LogP contribution in [0.15, 0.2) is 18.2 Å². The maximum atomic E-state index is 14.3. The number of hydrogen-bond donors (Lipinski definition) is 1. The van der Waals surface area contributed by atoms with Gasteiger partial charge in [-0.05, 0) is 50.9 Å². The summed E-state index contributed by atoms with van der Waals surface area (Å²) in [5, 5.41) is 13.2. The van der Waals surface area contributed by atoms with Crippen LogP contribution in [0.3, 0.4) is 0 Å². The molecule has 1 N–H and O–H groups in total. The number of benzene rings is 1. The molecule has 1 unspecified atom stereocenters. The van der Waals surface area contributed by atoms with Crippen LogP contribution in [0.4, 0.5) is 17.6 Å². The van der Waals surface area contributed by atoms with Gasteiger partial charge in [0.25, 0.3) is 0 Å². The van der Waals surface area contributed by atoms with Crippen molar-refractivity contribution >= 4 is 23.5 Å². The summed E-state index contributed by atoms with van der Waals surface area (Å²) >= 11 is 5.78. The number of hydrogen-bond acceptors (Lipinski definition) is 4. The number of alkyl halides is 3. The number of aromatic nitrogens is 2. The van der Waals surface area contributed by atoms with E-state index >= 15 is 0 Å². The maximum Gasteiger partial charge on any atom is 0.435 e. The maximum absolute atomic E-state index is 14.3. The summed E-state index contributed by atoms with van der Waals surface area (Å²) in [6.07, 6.45) is -3.04. The van der Waals surface area contributed by atoms with Gasteiger partial charge in [0.05, 0.1) is 31.2 Å². The van der Waals surface area contributed by atoms with Gasteiger partial charge in [-0.15, -0.1) is 0 Å². The Bertz CT molecular complexity index is 1120. The topological polar surface area (TPSA) is 78.7 Å². The third kappa shape index (κ3) is 7.01. The van der Waals surface area contributed by atoms with E-state index in [4.69, 9.17) is 11.6 Å². The predicted molar refractivity (Wildman–Crippen MR) is 130 cm³/mol. The molecule has 2 aromatic rings. The van der Waals surface area contributed by atoms with Crippen LogP contribution in [0.5, 0.6) is 0 Å². The van der Waals surface area contributed by atoms with Crippen LogP contribution in [0, 0.1) is 11.7 Å². The average molecular weight is 547 g/mol. The second kappa shape index (κ2) is 12.3. The molecule has 3 heterocycles. The number of nitrogens with zero attached hydrogens (tertiary/aromatic N) is 4. The van der Waals surface area contributed by atoms with Crippen LogP contribution in [0.25, 0.3) is 0 Å². The predicted octanol–water partition coefficient (Wildman–Crippen LogP) is 4.84. The summed E-state index contributed by atoms with van der Waals surface area (Å²) in [5.41, 5.74) is -0.626. The normalized spacial score (nSPS) is 18.5.